The molecule has 0 spiro atoms. The molecule has 0 aromatic carbocycles. The third-order valence-electron chi connectivity index (χ3n) is 3.59. The van der Waals surface area contributed by atoms with Gasteiger partial charge in [0.2, 0.25) is 0 Å². The SMILES string of the molecule is C[N+](C)(C)C(=O)OCC[C@@H]1C[C@@H]1CCOC(=O)[N+](C)(C)C.[I-].[I-]. The second kappa shape index (κ2) is 10.3. The zero-order chi connectivity index (χ0) is 16.3. The molecule has 0 radical (unpaired) electrons. The first-order valence-electron chi connectivity index (χ1n) is 7.49. The zero-order valence-corrected chi connectivity index (χ0v) is 19.3. The molecule has 0 heterocycles. The van der Waals surface area contributed by atoms with Gasteiger partial charge in [0.25, 0.3) is 0 Å². The van der Waals surface area contributed by atoms with E-state index in [-0.39, 0.29) is 69.1 Å². The number of quaternary nitrogens is 2. The third kappa shape index (κ3) is 10.0. The van der Waals surface area contributed by atoms with Crippen molar-refractivity contribution in [3.05, 3.63) is 0 Å². The van der Waals surface area contributed by atoms with Crippen LogP contribution in [0.2, 0.25) is 0 Å². The normalized spacial score (nSPS) is 19.9. The van der Waals surface area contributed by atoms with Gasteiger partial charge in [0.15, 0.2) is 0 Å². The summed E-state index contributed by atoms with van der Waals surface area (Å²) in [7, 11) is 10.8. The number of hydrogen-bond acceptors (Lipinski definition) is 4. The van der Waals surface area contributed by atoms with Gasteiger partial charge in [-0.05, 0) is 31.1 Å². The van der Waals surface area contributed by atoms with Gasteiger partial charge in [-0.15, -0.1) is 0 Å². The van der Waals surface area contributed by atoms with Crippen molar-refractivity contribution in [1.82, 2.24) is 0 Å². The summed E-state index contributed by atoms with van der Waals surface area (Å²) in [6.45, 7) is 0.961. The number of rotatable bonds is 6. The maximum atomic E-state index is 11.6. The molecule has 2 atom stereocenters. The van der Waals surface area contributed by atoms with Gasteiger partial charge < -0.3 is 57.4 Å². The summed E-state index contributed by atoms with van der Waals surface area (Å²) in [6.07, 6.45) is 2.54. The second-order valence-electron chi connectivity index (χ2n) is 7.59. The molecule has 2 amide bonds. The molecule has 23 heavy (non-hydrogen) atoms. The minimum atomic E-state index is -0.205. The van der Waals surface area contributed by atoms with Crippen molar-refractivity contribution < 1.29 is 76.0 Å². The first-order valence-corrected chi connectivity index (χ1v) is 7.49. The lowest BCUT2D eigenvalue weighted by atomic mass is 10.2. The predicted octanol–water partition coefficient (Wildman–Crippen LogP) is -3.90. The summed E-state index contributed by atoms with van der Waals surface area (Å²) < 4.78 is 10.9. The topological polar surface area (TPSA) is 52.6 Å². The van der Waals surface area contributed by atoms with Crippen LogP contribution in [0.15, 0.2) is 0 Å². The van der Waals surface area contributed by atoms with E-state index in [0.717, 1.165) is 19.3 Å². The molecular weight excluding hydrogens is 526 g/mol. The average molecular weight is 556 g/mol. The molecule has 6 nitrogen and oxygen atoms in total. The standard InChI is InChI=1S/C15H30N2O4.2HI/c1-16(2,3)14(18)20-9-7-12-11-13(12)8-10-21-15(19)17(4,5)6;;/h12-13H,7-11H2,1-6H3;2*1H/q+2;;/p-2/t12-,13+;;. The van der Waals surface area contributed by atoms with E-state index >= 15 is 0 Å². The molecule has 8 heteroatoms. The maximum absolute atomic E-state index is 11.6. The Hall–Kier alpha value is 0.320. The summed E-state index contributed by atoms with van der Waals surface area (Å²) in [5.41, 5.74) is 0. The second-order valence-corrected chi connectivity index (χ2v) is 7.59. The van der Waals surface area contributed by atoms with E-state index in [1.54, 1.807) is 42.3 Å². The van der Waals surface area contributed by atoms with Gasteiger partial charge in [-0.1, -0.05) is 0 Å². The van der Waals surface area contributed by atoms with Crippen LogP contribution in [0.25, 0.3) is 0 Å². The molecule has 0 aliphatic heterocycles. The van der Waals surface area contributed by atoms with Crippen molar-refractivity contribution >= 4 is 12.2 Å². The van der Waals surface area contributed by atoms with Crippen molar-refractivity contribution in [2.24, 2.45) is 11.8 Å². The highest BCUT2D eigenvalue weighted by atomic mass is 127. The molecule has 138 valence electrons. The Kier molecular flexibility index (Phi) is 11.5. The smallest absolute Gasteiger partial charge is 0.515 e. The number of carbonyl (C=O) groups is 2. The Morgan fingerprint density at radius 2 is 1.09 bits per heavy atom. The van der Waals surface area contributed by atoms with E-state index in [0.29, 0.717) is 25.0 Å². The minimum absolute atomic E-state index is 0. The van der Waals surface area contributed by atoms with E-state index in [4.69, 9.17) is 9.47 Å². The van der Waals surface area contributed by atoms with Gasteiger partial charge in [0.1, 0.15) is 0 Å². The molecule has 0 unspecified atom stereocenters. The highest BCUT2D eigenvalue weighted by Crippen LogP contribution is 2.43. The van der Waals surface area contributed by atoms with E-state index < -0.39 is 0 Å². The van der Waals surface area contributed by atoms with Crippen molar-refractivity contribution in [3.8, 4) is 0 Å². The first-order chi connectivity index (χ1) is 9.51. The quantitative estimate of drug-likeness (QED) is 0.248. The van der Waals surface area contributed by atoms with Crippen LogP contribution in [0.4, 0.5) is 9.59 Å². The fraction of sp³-hybridized carbons (Fsp3) is 0.867. The maximum Gasteiger partial charge on any atom is 0.515 e. The molecule has 0 bridgehead atoms. The van der Waals surface area contributed by atoms with Crippen molar-refractivity contribution in [1.29, 1.82) is 0 Å². The van der Waals surface area contributed by atoms with Crippen LogP contribution in [-0.4, -0.2) is 76.7 Å². The molecule has 1 rings (SSSR count). The lowest BCUT2D eigenvalue weighted by Crippen LogP contribution is -3.00. The Balaban J connectivity index is 0. The summed E-state index contributed by atoms with van der Waals surface area (Å²) in [5.74, 6) is 1.21. The van der Waals surface area contributed by atoms with Crippen LogP contribution in [0.1, 0.15) is 19.3 Å². The zero-order valence-electron chi connectivity index (χ0n) is 15.0. The number of carbonyl (C=O) groups excluding carboxylic acids is 2. The monoisotopic (exact) mass is 556 g/mol. The van der Waals surface area contributed by atoms with Crippen molar-refractivity contribution in [2.75, 3.05) is 55.5 Å². The summed E-state index contributed by atoms with van der Waals surface area (Å²) in [4.78, 5) is 23.2. The Labute approximate surface area is 174 Å². The highest BCUT2D eigenvalue weighted by Gasteiger charge is 2.37. The molecular formula is C15H30I2N2O4. The Morgan fingerprint density at radius 1 is 0.783 bits per heavy atom. The van der Waals surface area contributed by atoms with Gasteiger partial charge in [0, 0.05) is 0 Å². The van der Waals surface area contributed by atoms with Crippen LogP contribution in [0.5, 0.6) is 0 Å². The van der Waals surface area contributed by atoms with Crippen LogP contribution in [0.3, 0.4) is 0 Å². The number of hydrogen-bond donors (Lipinski definition) is 0. The molecule has 0 saturated heterocycles. The predicted molar refractivity (Wildman–Crippen MR) is 79.6 cm³/mol. The van der Waals surface area contributed by atoms with Crippen molar-refractivity contribution in [2.45, 2.75) is 19.3 Å². The Bertz CT molecular complexity index is 356. The van der Waals surface area contributed by atoms with E-state index in [2.05, 4.69) is 0 Å². The molecule has 1 fully saturated rings. The van der Waals surface area contributed by atoms with Crippen LogP contribution in [-0.2, 0) is 9.47 Å². The minimum Gasteiger partial charge on any atom is -1.00 e. The van der Waals surface area contributed by atoms with Crippen LogP contribution < -0.4 is 48.0 Å². The molecule has 1 aliphatic rings. The van der Waals surface area contributed by atoms with Crippen LogP contribution >= 0.6 is 0 Å². The van der Waals surface area contributed by atoms with Gasteiger partial charge in [-0.25, -0.2) is 8.97 Å². The number of halogens is 2. The van der Waals surface area contributed by atoms with Gasteiger partial charge in [0.05, 0.1) is 55.5 Å². The third-order valence-corrected chi connectivity index (χ3v) is 3.59. The van der Waals surface area contributed by atoms with E-state index in [1.165, 1.54) is 0 Å². The number of ether oxygens (including phenoxy) is 2. The van der Waals surface area contributed by atoms with Crippen LogP contribution in [0, 0.1) is 11.8 Å². The number of nitrogens with zero attached hydrogens (tertiary/aromatic N) is 2. The average Bonchev–Trinajstić information content (AvgIpc) is 3.05. The molecule has 0 aromatic rings. The molecule has 0 N–H and O–H groups in total. The lowest BCUT2D eigenvalue weighted by molar-refractivity contribution is -0.795. The largest absolute Gasteiger partial charge is 1.00 e. The summed E-state index contributed by atoms with van der Waals surface area (Å²) in [5, 5.41) is 0. The number of amides is 2. The summed E-state index contributed by atoms with van der Waals surface area (Å²) >= 11 is 0. The lowest BCUT2D eigenvalue weighted by Gasteiger charge is -2.19. The van der Waals surface area contributed by atoms with E-state index in [1.807, 2.05) is 0 Å². The summed E-state index contributed by atoms with van der Waals surface area (Å²) in [6, 6.07) is 0. The highest BCUT2D eigenvalue weighted by molar-refractivity contribution is 5.59. The molecule has 1 saturated carbocycles. The molecule has 0 aromatic heterocycles. The first kappa shape index (κ1) is 25.6. The van der Waals surface area contributed by atoms with E-state index in [9.17, 15) is 9.59 Å². The Morgan fingerprint density at radius 3 is 1.35 bits per heavy atom. The fourth-order valence-electron chi connectivity index (χ4n) is 2.00. The van der Waals surface area contributed by atoms with Crippen molar-refractivity contribution in [3.63, 3.8) is 0 Å². The molecule has 1 aliphatic carbocycles. The van der Waals surface area contributed by atoms with Gasteiger partial charge >= 0.3 is 12.2 Å². The fourth-order valence-corrected chi connectivity index (χ4v) is 2.00. The van der Waals surface area contributed by atoms with Gasteiger partial charge in [-0.2, -0.15) is 9.59 Å². The van der Waals surface area contributed by atoms with Gasteiger partial charge in [-0.3, -0.25) is 0 Å².